The number of anilines is 3. The van der Waals surface area contributed by atoms with Crippen LogP contribution in [0.1, 0.15) is 32.0 Å². The molecule has 0 saturated heterocycles. The van der Waals surface area contributed by atoms with Crippen LogP contribution in [0.5, 0.6) is 17.2 Å². The number of carbonyl (C=O) groups is 2. The monoisotopic (exact) mass is 608 g/mol. The number of aromatic nitrogens is 3. The zero-order valence-corrected chi connectivity index (χ0v) is 26.1. The molecule has 11 heteroatoms. The summed E-state index contributed by atoms with van der Waals surface area (Å²) in [7, 11) is 3.06. The summed E-state index contributed by atoms with van der Waals surface area (Å²) in [5, 5.41) is 15.0. The van der Waals surface area contributed by atoms with E-state index in [2.05, 4.69) is 41.7 Å². The van der Waals surface area contributed by atoms with Crippen LogP contribution in [-0.2, 0) is 14.9 Å². The molecular weight excluding hydrogens is 572 g/mol. The third-order valence-electron chi connectivity index (χ3n) is 6.87. The Balaban J connectivity index is 1.40. The van der Waals surface area contributed by atoms with Crippen LogP contribution in [-0.4, -0.2) is 47.5 Å². The number of urea groups is 1. The minimum atomic E-state index is -0.430. The van der Waals surface area contributed by atoms with Crippen LogP contribution in [0.15, 0.2) is 79.0 Å². The molecule has 232 valence electrons. The number of nitrogens with one attached hydrogen (secondary N) is 3. The number of carbonyl (C=O) groups excluding carboxylic acids is 2. The maximum Gasteiger partial charge on any atom is 0.324 e. The topological polar surface area (TPSA) is 129 Å². The molecule has 5 aromatic rings. The molecule has 3 aromatic carbocycles. The molecule has 2 heterocycles. The summed E-state index contributed by atoms with van der Waals surface area (Å²) in [5.74, 6) is 2.28. The number of rotatable bonds is 9. The van der Waals surface area contributed by atoms with Gasteiger partial charge in [0.2, 0.25) is 0 Å². The Labute approximate surface area is 261 Å². The molecule has 3 N–H and O–H groups in total. The van der Waals surface area contributed by atoms with E-state index in [9.17, 15) is 9.59 Å². The molecule has 0 aliphatic carbocycles. The van der Waals surface area contributed by atoms with Gasteiger partial charge in [0.15, 0.2) is 0 Å². The molecule has 2 aromatic heterocycles. The highest BCUT2D eigenvalue weighted by molar-refractivity contribution is 6.07. The van der Waals surface area contributed by atoms with Crippen molar-refractivity contribution in [3.63, 3.8) is 0 Å². The number of methoxy groups -OCH3 is 2. The predicted octanol–water partition coefficient (Wildman–Crippen LogP) is 7.06. The van der Waals surface area contributed by atoms with Gasteiger partial charge in [-0.3, -0.25) is 10.1 Å². The van der Waals surface area contributed by atoms with Crippen molar-refractivity contribution in [2.45, 2.75) is 33.1 Å². The smallest absolute Gasteiger partial charge is 0.324 e. The minimum Gasteiger partial charge on any atom is -0.497 e. The molecule has 3 amide bonds. The van der Waals surface area contributed by atoms with Crippen LogP contribution >= 0.6 is 0 Å². The Bertz CT molecular complexity index is 1860. The molecule has 45 heavy (non-hydrogen) atoms. The first kappa shape index (κ1) is 31.0. The summed E-state index contributed by atoms with van der Waals surface area (Å²) >= 11 is 0. The van der Waals surface area contributed by atoms with Crippen molar-refractivity contribution in [1.29, 1.82) is 0 Å². The molecule has 0 spiro atoms. The Morgan fingerprint density at radius 3 is 2.38 bits per heavy atom. The van der Waals surface area contributed by atoms with E-state index >= 15 is 0 Å². The summed E-state index contributed by atoms with van der Waals surface area (Å²) in [6.07, 6.45) is 1.54. The van der Waals surface area contributed by atoms with Crippen LogP contribution in [0.4, 0.5) is 22.1 Å². The predicted molar refractivity (Wildman–Crippen MR) is 175 cm³/mol. The zero-order chi connectivity index (χ0) is 32.1. The number of nitrogens with zero attached hydrogens (tertiary/aromatic N) is 3. The Morgan fingerprint density at radius 2 is 1.64 bits per heavy atom. The van der Waals surface area contributed by atoms with Gasteiger partial charge in [-0.05, 0) is 42.8 Å². The van der Waals surface area contributed by atoms with Gasteiger partial charge in [0.1, 0.15) is 35.5 Å². The summed E-state index contributed by atoms with van der Waals surface area (Å²) in [6, 6.07) is 21.7. The molecule has 0 fully saturated rings. The second-order valence-electron chi connectivity index (χ2n) is 11.5. The first-order chi connectivity index (χ1) is 21.5. The van der Waals surface area contributed by atoms with E-state index in [-0.39, 0.29) is 17.9 Å². The quantitative estimate of drug-likeness (QED) is 0.163. The third kappa shape index (κ3) is 7.39. The summed E-state index contributed by atoms with van der Waals surface area (Å²) < 4.78 is 18.2. The van der Waals surface area contributed by atoms with E-state index in [0.717, 1.165) is 27.7 Å². The number of ether oxygens (including phenoxy) is 3. The number of amides is 3. The van der Waals surface area contributed by atoms with E-state index in [4.69, 9.17) is 19.3 Å². The van der Waals surface area contributed by atoms with E-state index in [1.165, 1.54) is 7.11 Å². The lowest BCUT2D eigenvalue weighted by Crippen LogP contribution is -2.21. The lowest BCUT2D eigenvalue weighted by molar-refractivity contribution is -0.119. The maximum absolute atomic E-state index is 13.4. The molecule has 0 aliphatic rings. The molecule has 0 saturated carbocycles. The Kier molecular flexibility index (Phi) is 9.01. The molecule has 0 aliphatic heterocycles. The van der Waals surface area contributed by atoms with Gasteiger partial charge in [-0.2, -0.15) is 5.10 Å². The van der Waals surface area contributed by atoms with Crippen LogP contribution in [0.25, 0.3) is 16.5 Å². The van der Waals surface area contributed by atoms with Crippen LogP contribution < -0.4 is 25.4 Å². The second kappa shape index (κ2) is 13.1. The van der Waals surface area contributed by atoms with Crippen molar-refractivity contribution in [1.82, 2.24) is 14.8 Å². The molecule has 5 rings (SSSR count). The lowest BCUT2D eigenvalue weighted by Gasteiger charge is -2.15. The van der Waals surface area contributed by atoms with Crippen LogP contribution in [0, 0.1) is 6.92 Å². The number of pyridine rings is 1. The fraction of sp³-hybridized carbons (Fsp3) is 0.235. The van der Waals surface area contributed by atoms with Gasteiger partial charge in [-0.1, -0.05) is 45.0 Å². The number of fused-ring (bicyclic) bond motifs is 1. The van der Waals surface area contributed by atoms with Crippen LogP contribution in [0.2, 0.25) is 0 Å². The number of benzene rings is 3. The minimum absolute atomic E-state index is 0.0831. The van der Waals surface area contributed by atoms with Crippen molar-refractivity contribution < 1.29 is 23.8 Å². The number of hydrogen-bond donors (Lipinski definition) is 3. The van der Waals surface area contributed by atoms with Gasteiger partial charge in [0.25, 0.3) is 5.91 Å². The van der Waals surface area contributed by atoms with E-state index in [1.807, 2.05) is 55.5 Å². The second-order valence-corrected chi connectivity index (χ2v) is 11.5. The SMILES string of the molecule is COCC(=O)Nc1cc(Oc2ccc(NC(=O)Nc3cc(C(C)(C)C)nn3-c3cc(C)cc(OC)c3)c3ccccc23)ccn1. The highest BCUT2D eigenvalue weighted by atomic mass is 16.5. The molecule has 0 bridgehead atoms. The molecular formula is C34H36N6O5. The third-order valence-corrected chi connectivity index (χ3v) is 6.87. The van der Waals surface area contributed by atoms with E-state index in [1.54, 1.807) is 42.3 Å². The fourth-order valence-corrected chi connectivity index (χ4v) is 4.72. The fourth-order valence-electron chi connectivity index (χ4n) is 4.72. The van der Waals surface area contributed by atoms with Crippen molar-refractivity contribution in [3.8, 4) is 22.9 Å². The first-order valence-corrected chi connectivity index (χ1v) is 14.3. The van der Waals surface area contributed by atoms with Crippen molar-refractivity contribution in [2.75, 3.05) is 36.8 Å². The summed E-state index contributed by atoms with van der Waals surface area (Å²) in [4.78, 5) is 29.5. The average molecular weight is 609 g/mol. The standard InChI is InChI=1S/C34H36N6O5/c1-21-15-22(17-24(16-21)44-6)40-31(19-29(39-40)34(2,3)4)38-33(42)36-27-11-12-28(26-10-8-7-9-25(26)27)45-23-13-14-35-30(18-23)37-32(41)20-43-5/h7-19H,20H2,1-6H3,(H,35,37,41)(H2,36,38,42). The largest absolute Gasteiger partial charge is 0.497 e. The molecule has 0 radical (unpaired) electrons. The van der Waals surface area contributed by atoms with Gasteiger partial charge >= 0.3 is 6.03 Å². The van der Waals surface area contributed by atoms with Gasteiger partial charge in [-0.25, -0.2) is 14.5 Å². The first-order valence-electron chi connectivity index (χ1n) is 14.3. The normalized spacial score (nSPS) is 11.2. The number of hydrogen-bond acceptors (Lipinski definition) is 7. The summed E-state index contributed by atoms with van der Waals surface area (Å²) in [5.41, 5.74) is 2.94. The Morgan fingerprint density at radius 1 is 0.867 bits per heavy atom. The van der Waals surface area contributed by atoms with E-state index < -0.39 is 6.03 Å². The van der Waals surface area contributed by atoms with Gasteiger partial charge < -0.3 is 24.8 Å². The van der Waals surface area contributed by atoms with Gasteiger partial charge in [0, 0.05) is 47.7 Å². The summed E-state index contributed by atoms with van der Waals surface area (Å²) in [6.45, 7) is 8.11. The lowest BCUT2D eigenvalue weighted by atomic mass is 9.92. The highest BCUT2D eigenvalue weighted by Crippen LogP contribution is 2.35. The van der Waals surface area contributed by atoms with Gasteiger partial charge in [-0.15, -0.1) is 0 Å². The Hall–Kier alpha value is -5.42. The molecule has 0 unspecified atom stereocenters. The average Bonchev–Trinajstić information content (AvgIpc) is 3.43. The van der Waals surface area contributed by atoms with E-state index in [0.29, 0.717) is 34.6 Å². The highest BCUT2D eigenvalue weighted by Gasteiger charge is 2.22. The van der Waals surface area contributed by atoms with Crippen molar-refractivity contribution in [3.05, 3.63) is 90.3 Å². The molecule has 11 nitrogen and oxygen atoms in total. The van der Waals surface area contributed by atoms with Gasteiger partial charge in [0.05, 0.1) is 24.2 Å². The zero-order valence-electron chi connectivity index (χ0n) is 26.1. The van der Waals surface area contributed by atoms with Crippen LogP contribution in [0.3, 0.4) is 0 Å². The van der Waals surface area contributed by atoms with Crippen molar-refractivity contribution >= 4 is 40.0 Å². The van der Waals surface area contributed by atoms with Crippen molar-refractivity contribution in [2.24, 2.45) is 0 Å². The number of aryl methyl sites for hydroxylation is 1. The molecule has 0 atom stereocenters. The maximum atomic E-state index is 13.4.